The van der Waals surface area contributed by atoms with Gasteiger partial charge in [0.2, 0.25) is 0 Å². The zero-order chi connectivity index (χ0) is 20.4. The molecule has 0 aliphatic rings. The molecule has 0 fully saturated rings. The molecule has 0 aliphatic carbocycles. The van der Waals surface area contributed by atoms with E-state index in [9.17, 15) is 4.79 Å². The Labute approximate surface area is 175 Å². The fourth-order valence-electron chi connectivity index (χ4n) is 2.89. The Bertz CT molecular complexity index is 1210. The normalized spacial score (nSPS) is 10.9. The van der Waals surface area contributed by atoms with E-state index in [4.69, 9.17) is 25.6 Å². The molecule has 0 atom stereocenters. The molecule has 0 bridgehead atoms. The maximum absolute atomic E-state index is 12.3. The molecular weight excluding hydrogens is 414 g/mol. The van der Waals surface area contributed by atoms with Crippen molar-refractivity contribution < 1.29 is 14.0 Å². The van der Waals surface area contributed by atoms with Crippen LogP contribution in [0.1, 0.15) is 5.69 Å². The van der Waals surface area contributed by atoms with Crippen LogP contribution in [-0.4, -0.2) is 28.9 Å². The van der Waals surface area contributed by atoms with Gasteiger partial charge in [-0.2, -0.15) is 0 Å². The molecule has 9 heteroatoms. The Morgan fingerprint density at radius 2 is 1.93 bits per heavy atom. The lowest BCUT2D eigenvalue weighted by Crippen LogP contribution is -2.16. The van der Waals surface area contributed by atoms with Crippen LogP contribution in [0.5, 0.6) is 11.5 Å². The van der Waals surface area contributed by atoms with Gasteiger partial charge >= 0.3 is 5.76 Å². The van der Waals surface area contributed by atoms with Crippen molar-refractivity contribution in [2.24, 2.45) is 0 Å². The fourth-order valence-corrected chi connectivity index (χ4v) is 4.02. The van der Waals surface area contributed by atoms with Crippen molar-refractivity contribution in [1.29, 1.82) is 0 Å². The summed E-state index contributed by atoms with van der Waals surface area (Å²) in [6.07, 6.45) is 0. The van der Waals surface area contributed by atoms with Gasteiger partial charge in [-0.05, 0) is 24.3 Å². The number of hydrogen-bond acceptors (Lipinski definition) is 7. The second-order valence-electron chi connectivity index (χ2n) is 6.05. The van der Waals surface area contributed by atoms with Crippen molar-refractivity contribution >= 4 is 22.9 Å². The van der Waals surface area contributed by atoms with Gasteiger partial charge in [-0.25, -0.2) is 9.78 Å². The summed E-state index contributed by atoms with van der Waals surface area (Å²) in [4.78, 5) is 16.9. The van der Waals surface area contributed by atoms with Crippen LogP contribution < -0.4 is 15.2 Å². The number of rotatable bonds is 6. The van der Waals surface area contributed by atoms with Gasteiger partial charge in [0.15, 0.2) is 17.3 Å². The lowest BCUT2D eigenvalue weighted by molar-refractivity contribution is 0.355. The quantitative estimate of drug-likeness (QED) is 0.453. The minimum absolute atomic E-state index is 0.215. The van der Waals surface area contributed by atoms with E-state index < -0.39 is 5.76 Å². The molecule has 0 aliphatic heterocycles. The van der Waals surface area contributed by atoms with Gasteiger partial charge in [0.1, 0.15) is 5.01 Å². The van der Waals surface area contributed by atoms with E-state index >= 15 is 0 Å². The van der Waals surface area contributed by atoms with E-state index in [0.29, 0.717) is 33.6 Å². The predicted molar refractivity (Wildman–Crippen MR) is 111 cm³/mol. The van der Waals surface area contributed by atoms with E-state index in [1.54, 1.807) is 32.4 Å². The first-order chi connectivity index (χ1) is 14.1. The van der Waals surface area contributed by atoms with Gasteiger partial charge in [-0.15, -0.1) is 11.3 Å². The van der Waals surface area contributed by atoms with Crippen LogP contribution in [0.3, 0.4) is 0 Å². The van der Waals surface area contributed by atoms with Crippen LogP contribution in [0, 0.1) is 0 Å². The van der Waals surface area contributed by atoms with Crippen molar-refractivity contribution in [3.8, 4) is 33.5 Å². The highest BCUT2D eigenvalue weighted by Crippen LogP contribution is 2.32. The summed E-state index contributed by atoms with van der Waals surface area (Å²) in [5.41, 5.74) is 2.22. The van der Waals surface area contributed by atoms with Gasteiger partial charge in [-0.1, -0.05) is 35.0 Å². The van der Waals surface area contributed by atoms with Gasteiger partial charge in [-0.3, -0.25) is 9.09 Å². The average Bonchev–Trinajstić information content (AvgIpc) is 3.35. The second-order valence-corrected chi connectivity index (χ2v) is 7.32. The lowest BCUT2D eigenvalue weighted by atomic mass is 10.2. The molecule has 2 heterocycles. The fraction of sp³-hybridized carbons (Fsp3) is 0.150. The number of hydrogen-bond donors (Lipinski definition) is 0. The molecule has 29 heavy (non-hydrogen) atoms. The van der Waals surface area contributed by atoms with Crippen molar-refractivity contribution in [3.05, 3.63) is 69.1 Å². The van der Waals surface area contributed by atoms with E-state index in [2.05, 4.69) is 10.1 Å². The summed E-state index contributed by atoms with van der Waals surface area (Å²) in [5.74, 6) is 0.921. The Morgan fingerprint density at radius 3 is 2.69 bits per heavy atom. The van der Waals surface area contributed by atoms with E-state index in [1.165, 1.54) is 15.9 Å². The molecule has 4 rings (SSSR count). The summed E-state index contributed by atoms with van der Waals surface area (Å²) in [7, 11) is 3.10. The van der Waals surface area contributed by atoms with Crippen LogP contribution in [0.15, 0.2) is 57.2 Å². The zero-order valence-corrected chi connectivity index (χ0v) is 17.2. The van der Waals surface area contributed by atoms with Crippen LogP contribution in [0.4, 0.5) is 0 Å². The molecule has 0 radical (unpaired) electrons. The molecule has 148 valence electrons. The van der Waals surface area contributed by atoms with Crippen molar-refractivity contribution in [1.82, 2.24) is 14.7 Å². The highest BCUT2D eigenvalue weighted by molar-refractivity contribution is 7.13. The van der Waals surface area contributed by atoms with E-state index in [-0.39, 0.29) is 6.54 Å². The van der Waals surface area contributed by atoms with E-state index in [0.717, 1.165) is 10.6 Å². The number of methoxy groups -OCH3 is 2. The third-order valence-electron chi connectivity index (χ3n) is 4.30. The largest absolute Gasteiger partial charge is 0.493 e. The zero-order valence-electron chi connectivity index (χ0n) is 15.6. The SMILES string of the molecule is COc1ccc(-c2noc(=O)n2Cc2csc(-c3ccccc3Cl)n2)cc1OC. The average molecular weight is 430 g/mol. The third kappa shape index (κ3) is 3.76. The van der Waals surface area contributed by atoms with E-state index in [1.807, 2.05) is 29.6 Å². The summed E-state index contributed by atoms with van der Waals surface area (Å²) in [5, 5.41) is 7.22. The van der Waals surface area contributed by atoms with Crippen LogP contribution in [0.2, 0.25) is 5.02 Å². The number of benzene rings is 2. The number of ether oxygens (including phenoxy) is 2. The Balaban J connectivity index is 1.68. The maximum Gasteiger partial charge on any atom is 0.442 e. The number of nitrogens with zero attached hydrogens (tertiary/aromatic N) is 3. The van der Waals surface area contributed by atoms with Crippen LogP contribution >= 0.6 is 22.9 Å². The molecule has 2 aromatic carbocycles. The van der Waals surface area contributed by atoms with Crippen LogP contribution in [-0.2, 0) is 6.54 Å². The molecular formula is C20H16ClN3O4S. The van der Waals surface area contributed by atoms with Gasteiger partial charge in [0.05, 0.1) is 31.5 Å². The van der Waals surface area contributed by atoms with Crippen molar-refractivity contribution in [2.45, 2.75) is 6.54 Å². The first-order valence-electron chi connectivity index (χ1n) is 8.59. The predicted octanol–water partition coefficient (Wildman–Crippen LogP) is 4.35. The third-order valence-corrected chi connectivity index (χ3v) is 5.56. The standard InChI is InChI=1S/C20H16ClN3O4S/c1-26-16-8-7-12(9-17(16)27-2)18-23-28-20(25)24(18)10-13-11-29-19(22-13)14-5-3-4-6-15(14)21/h3-9,11H,10H2,1-2H3. The first kappa shape index (κ1) is 19.2. The van der Waals surface area contributed by atoms with Gasteiger partial charge in [0.25, 0.3) is 0 Å². The molecule has 7 nitrogen and oxygen atoms in total. The van der Waals surface area contributed by atoms with Crippen molar-refractivity contribution in [3.63, 3.8) is 0 Å². The summed E-state index contributed by atoms with van der Waals surface area (Å²) in [6.45, 7) is 0.215. The minimum atomic E-state index is -0.568. The number of aromatic nitrogens is 3. The van der Waals surface area contributed by atoms with Crippen LogP contribution in [0.25, 0.3) is 22.0 Å². The molecule has 0 saturated carbocycles. The monoisotopic (exact) mass is 429 g/mol. The molecule has 0 saturated heterocycles. The lowest BCUT2D eigenvalue weighted by Gasteiger charge is -2.09. The minimum Gasteiger partial charge on any atom is -0.493 e. The topological polar surface area (TPSA) is 79.4 Å². The number of thiazole rings is 1. The summed E-state index contributed by atoms with van der Waals surface area (Å²) >= 11 is 7.72. The maximum atomic E-state index is 12.3. The Morgan fingerprint density at radius 1 is 1.14 bits per heavy atom. The molecule has 4 aromatic rings. The van der Waals surface area contributed by atoms with Gasteiger partial charge in [0, 0.05) is 16.5 Å². The molecule has 2 aromatic heterocycles. The molecule has 0 spiro atoms. The first-order valence-corrected chi connectivity index (χ1v) is 9.84. The summed E-state index contributed by atoms with van der Waals surface area (Å²) in [6, 6.07) is 12.8. The second kappa shape index (κ2) is 8.10. The smallest absolute Gasteiger partial charge is 0.442 e. The molecule has 0 unspecified atom stereocenters. The Kier molecular flexibility index (Phi) is 5.37. The number of halogens is 1. The van der Waals surface area contributed by atoms with Crippen molar-refractivity contribution in [2.75, 3.05) is 14.2 Å². The molecule has 0 N–H and O–H groups in total. The van der Waals surface area contributed by atoms with Gasteiger partial charge < -0.3 is 9.47 Å². The molecule has 0 amide bonds. The highest BCUT2D eigenvalue weighted by atomic mass is 35.5. The highest BCUT2D eigenvalue weighted by Gasteiger charge is 2.17. The summed E-state index contributed by atoms with van der Waals surface area (Å²) < 4.78 is 16.9. The Hall–Kier alpha value is -3.10.